The minimum absolute atomic E-state index is 0.107. The van der Waals surface area contributed by atoms with Crippen LogP contribution in [-0.2, 0) is 0 Å². The molecule has 8 nitrogen and oxygen atoms in total. The monoisotopic (exact) mass is 279 g/mol. The Morgan fingerprint density at radius 2 is 2.00 bits per heavy atom. The zero-order valence-electron chi connectivity index (χ0n) is 11.2. The molecule has 0 atom stereocenters. The Kier molecular flexibility index (Phi) is 4.16. The maximum absolute atomic E-state index is 12.1. The molecule has 20 heavy (non-hydrogen) atoms. The summed E-state index contributed by atoms with van der Waals surface area (Å²) in [6.07, 6.45) is 0. The molecule has 1 amide bonds. The van der Waals surface area contributed by atoms with E-state index in [1.807, 2.05) is 7.05 Å². The van der Waals surface area contributed by atoms with Crippen molar-refractivity contribution in [2.24, 2.45) is 0 Å². The number of nitro groups is 1. The number of carbonyl (C=O) groups is 1. The average Bonchev–Trinajstić information content (AvgIpc) is 2.41. The van der Waals surface area contributed by atoms with Crippen molar-refractivity contribution in [2.45, 2.75) is 0 Å². The van der Waals surface area contributed by atoms with Crippen LogP contribution in [0.4, 0.5) is 11.4 Å². The van der Waals surface area contributed by atoms with Crippen LogP contribution in [0.5, 0.6) is 0 Å². The minimum Gasteiger partial charge on any atom is -0.393 e. The number of anilines is 1. The third-order valence-electron chi connectivity index (χ3n) is 3.29. The maximum Gasteiger partial charge on any atom is 0.292 e. The summed E-state index contributed by atoms with van der Waals surface area (Å²) in [6.45, 7) is 3.11. The van der Waals surface area contributed by atoms with Crippen molar-refractivity contribution in [1.29, 1.82) is 0 Å². The van der Waals surface area contributed by atoms with Gasteiger partial charge in [-0.15, -0.1) is 0 Å². The van der Waals surface area contributed by atoms with Gasteiger partial charge >= 0.3 is 0 Å². The van der Waals surface area contributed by atoms with Gasteiger partial charge in [0.15, 0.2) is 0 Å². The summed E-state index contributed by atoms with van der Waals surface area (Å²) in [5, 5.41) is 12.6. The number of carbonyl (C=O) groups excluding carboxylic acids is 1. The van der Waals surface area contributed by atoms with Crippen LogP contribution in [0.3, 0.4) is 0 Å². The predicted molar refractivity (Wildman–Crippen MR) is 74.0 cm³/mol. The molecule has 0 unspecified atom stereocenters. The molecule has 0 bridgehead atoms. The number of hydrazine groups is 1. The Hall–Kier alpha value is -2.19. The third kappa shape index (κ3) is 3.03. The molecule has 1 heterocycles. The van der Waals surface area contributed by atoms with Crippen molar-refractivity contribution >= 4 is 17.3 Å². The molecule has 8 heteroatoms. The molecule has 0 saturated carbocycles. The summed E-state index contributed by atoms with van der Waals surface area (Å²) in [6, 6.07) is 4.21. The zero-order valence-corrected chi connectivity index (χ0v) is 11.2. The molecule has 1 saturated heterocycles. The van der Waals surface area contributed by atoms with Gasteiger partial charge in [0.1, 0.15) is 5.69 Å². The topological polar surface area (TPSA) is 105 Å². The molecule has 1 aromatic carbocycles. The van der Waals surface area contributed by atoms with Crippen LogP contribution >= 0.6 is 0 Å². The fourth-order valence-corrected chi connectivity index (χ4v) is 2.03. The summed E-state index contributed by atoms with van der Waals surface area (Å²) in [4.78, 5) is 24.5. The van der Waals surface area contributed by atoms with E-state index in [9.17, 15) is 14.9 Å². The fraction of sp³-hybridized carbons (Fsp3) is 0.417. The van der Waals surface area contributed by atoms with Gasteiger partial charge in [-0.3, -0.25) is 20.3 Å². The SMILES string of the molecule is CN1CCN(NC(=O)c2cccc([N+](=O)[O-])c2N)CC1. The highest BCUT2D eigenvalue weighted by Crippen LogP contribution is 2.24. The van der Waals surface area contributed by atoms with Gasteiger partial charge in [0, 0.05) is 32.2 Å². The molecule has 1 aliphatic rings. The Morgan fingerprint density at radius 1 is 1.35 bits per heavy atom. The van der Waals surface area contributed by atoms with Gasteiger partial charge in [-0.1, -0.05) is 6.07 Å². The van der Waals surface area contributed by atoms with Crippen molar-refractivity contribution in [3.05, 3.63) is 33.9 Å². The molecule has 0 radical (unpaired) electrons. The summed E-state index contributed by atoms with van der Waals surface area (Å²) in [7, 11) is 2.01. The summed E-state index contributed by atoms with van der Waals surface area (Å²) in [5.41, 5.74) is 8.17. The number of nitrogen functional groups attached to an aromatic ring is 1. The quantitative estimate of drug-likeness (QED) is 0.461. The van der Waals surface area contributed by atoms with Crippen LogP contribution in [0.2, 0.25) is 0 Å². The Morgan fingerprint density at radius 3 is 2.60 bits per heavy atom. The third-order valence-corrected chi connectivity index (χ3v) is 3.29. The van der Waals surface area contributed by atoms with Crippen molar-refractivity contribution in [2.75, 3.05) is 39.0 Å². The molecular weight excluding hydrogens is 262 g/mol. The molecule has 2 rings (SSSR count). The first-order valence-corrected chi connectivity index (χ1v) is 6.26. The standard InChI is InChI=1S/C12H17N5O3/c1-15-5-7-16(8-6-15)14-12(18)9-3-2-4-10(11(9)13)17(19)20/h2-4H,5-8,13H2,1H3,(H,14,18). The van der Waals surface area contributed by atoms with Crippen LogP contribution < -0.4 is 11.2 Å². The fourth-order valence-electron chi connectivity index (χ4n) is 2.03. The van der Waals surface area contributed by atoms with Gasteiger partial charge in [-0.2, -0.15) is 0 Å². The molecule has 1 aliphatic heterocycles. The number of nitrogens with two attached hydrogens (primary N) is 1. The predicted octanol–water partition coefficient (Wildman–Crippen LogP) is 0.0692. The van der Waals surface area contributed by atoms with E-state index in [1.165, 1.54) is 18.2 Å². The van der Waals surface area contributed by atoms with E-state index >= 15 is 0 Å². The minimum atomic E-state index is -0.595. The van der Waals surface area contributed by atoms with E-state index in [-0.39, 0.29) is 16.9 Å². The lowest BCUT2D eigenvalue weighted by Gasteiger charge is -2.32. The number of para-hydroxylation sites is 1. The second kappa shape index (κ2) is 5.85. The number of nitrogens with zero attached hydrogens (tertiary/aromatic N) is 3. The van der Waals surface area contributed by atoms with Crippen LogP contribution in [0, 0.1) is 10.1 Å². The highest BCUT2D eigenvalue weighted by Gasteiger charge is 2.21. The van der Waals surface area contributed by atoms with E-state index in [0.717, 1.165) is 13.1 Å². The van der Waals surface area contributed by atoms with Gasteiger partial charge in [-0.05, 0) is 13.1 Å². The van der Waals surface area contributed by atoms with E-state index < -0.39 is 10.8 Å². The number of piperazine rings is 1. The van der Waals surface area contributed by atoms with Gasteiger partial charge in [0.2, 0.25) is 0 Å². The van der Waals surface area contributed by atoms with Crippen LogP contribution in [-0.4, -0.2) is 54.0 Å². The average molecular weight is 279 g/mol. The van der Waals surface area contributed by atoms with Gasteiger partial charge in [-0.25, -0.2) is 5.01 Å². The van der Waals surface area contributed by atoms with Gasteiger partial charge < -0.3 is 10.6 Å². The first-order chi connectivity index (χ1) is 9.49. The Labute approximate surface area is 116 Å². The maximum atomic E-state index is 12.1. The van der Waals surface area contributed by atoms with Crippen LogP contribution in [0.15, 0.2) is 18.2 Å². The van der Waals surface area contributed by atoms with Crippen LogP contribution in [0.25, 0.3) is 0 Å². The normalized spacial score (nSPS) is 16.9. The Bertz CT molecular complexity index is 526. The van der Waals surface area contributed by atoms with E-state index in [4.69, 9.17) is 5.73 Å². The molecule has 0 aliphatic carbocycles. The highest BCUT2D eigenvalue weighted by molar-refractivity contribution is 6.00. The number of likely N-dealkylation sites (N-methyl/N-ethyl adjacent to an activating group) is 1. The number of hydrogen-bond acceptors (Lipinski definition) is 6. The van der Waals surface area contributed by atoms with Crippen molar-refractivity contribution < 1.29 is 9.72 Å². The first-order valence-electron chi connectivity index (χ1n) is 6.26. The molecule has 3 N–H and O–H groups in total. The van der Waals surface area contributed by atoms with Gasteiger partial charge in [0.25, 0.3) is 11.6 Å². The van der Waals surface area contributed by atoms with E-state index in [2.05, 4.69) is 10.3 Å². The van der Waals surface area contributed by atoms with Crippen molar-refractivity contribution in [3.8, 4) is 0 Å². The number of nitrogens with one attached hydrogen (secondary N) is 1. The molecule has 1 fully saturated rings. The number of nitro benzene ring substituents is 1. The second-order valence-electron chi connectivity index (χ2n) is 4.73. The number of benzene rings is 1. The second-order valence-corrected chi connectivity index (χ2v) is 4.73. The van der Waals surface area contributed by atoms with Crippen molar-refractivity contribution in [3.63, 3.8) is 0 Å². The molecular formula is C12H17N5O3. The van der Waals surface area contributed by atoms with Crippen molar-refractivity contribution in [1.82, 2.24) is 15.3 Å². The molecule has 108 valence electrons. The van der Waals surface area contributed by atoms with Gasteiger partial charge in [0.05, 0.1) is 10.5 Å². The summed E-state index contributed by atoms with van der Waals surface area (Å²) < 4.78 is 0. The Balaban J connectivity index is 2.10. The molecule has 1 aromatic rings. The lowest BCUT2D eigenvalue weighted by molar-refractivity contribution is -0.383. The first kappa shape index (κ1) is 14.2. The molecule has 0 aromatic heterocycles. The number of rotatable bonds is 3. The zero-order chi connectivity index (χ0) is 14.7. The summed E-state index contributed by atoms with van der Waals surface area (Å²) in [5.74, 6) is -0.421. The number of amides is 1. The van der Waals surface area contributed by atoms with Crippen LogP contribution in [0.1, 0.15) is 10.4 Å². The van der Waals surface area contributed by atoms with E-state index in [0.29, 0.717) is 13.1 Å². The smallest absolute Gasteiger partial charge is 0.292 e. The largest absolute Gasteiger partial charge is 0.393 e. The van der Waals surface area contributed by atoms with E-state index in [1.54, 1.807) is 5.01 Å². The molecule has 0 spiro atoms. The lowest BCUT2D eigenvalue weighted by Crippen LogP contribution is -2.52. The summed E-state index contributed by atoms with van der Waals surface area (Å²) >= 11 is 0. The highest BCUT2D eigenvalue weighted by atomic mass is 16.6. The lowest BCUT2D eigenvalue weighted by atomic mass is 10.1. The number of hydrogen-bond donors (Lipinski definition) is 2.